The Balaban J connectivity index is 1.32. The zero-order valence-corrected chi connectivity index (χ0v) is 21.9. The van der Waals surface area contributed by atoms with Crippen LogP contribution in [0.4, 0.5) is 5.82 Å². The van der Waals surface area contributed by atoms with Crippen LogP contribution in [0, 0.1) is 6.92 Å². The molecule has 1 saturated heterocycles. The van der Waals surface area contributed by atoms with Crippen LogP contribution in [0.25, 0.3) is 22.4 Å². The molecular weight excluding hydrogens is 492 g/mol. The predicted octanol–water partition coefficient (Wildman–Crippen LogP) is 4.55. The van der Waals surface area contributed by atoms with Crippen LogP contribution in [-0.4, -0.2) is 64.2 Å². The van der Waals surface area contributed by atoms with Crippen LogP contribution in [-0.2, 0) is 6.42 Å². The van der Waals surface area contributed by atoms with Crippen molar-refractivity contribution in [1.29, 1.82) is 0 Å². The van der Waals surface area contributed by atoms with Crippen molar-refractivity contribution < 1.29 is 14.1 Å². The van der Waals surface area contributed by atoms with Gasteiger partial charge in [-0.1, -0.05) is 41.1 Å². The first-order valence-electron chi connectivity index (χ1n) is 12.9. The van der Waals surface area contributed by atoms with Crippen LogP contribution < -0.4 is 9.64 Å². The highest BCUT2D eigenvalue weighted by atomic mass is 16.5. The van der Waals surface area contributed by atoms with E-state index in [9.17, 15) is 4.79 Å². The highest BCUT2D eigenvalue weighted by Gasteiger charge is 2.28. The number of hydrogen-bond acceptors (Lipinski definition) is 8. The molecule has 0 N–H and O–H groups in total. The van der Waals surface area contributed by atoms with Gasteiger partial charge in [-0.25, -0.2) is 4.98 Å². The number of rotatable bonds is 6. The molecule has 196 valence electrons. The summed E-state index contributed by atoms with van der Waals surface area (Å²) < 4.78 is 11.0. The zero-order valence-electron chi connectivity index (χ0n) is 21.9. The van der Waals surface area contributed by atoms with Crippen molar-refractivity contribution in [2.75, 3.05) is 38.2 Å². The van der Waals surface area contributed by atoms with E-state index in [0.717, 1.165) is 22.3 Å². The van der Waals surface area contributed by atoms with Gasteiger partial charge in [0.05, 0.1) is 7.11 Å². The number of ether oxygens (including phenoxy) is 1. The summed E-state index contributed by atoms with van der Waals surface area (Å²) in [5.74, 6) is 2.07. The second-order valence-corrected chi connectivity index (χ2v) is 9.59. The normalized spacial score (nSPS) is 13.6. The smallest absolute Gasteiger partial charge is 0.263 e. The number of piperazine rings is 1. The van der Waals surface area contributed by atoms with Gasteiger partial charge >= 0.3 is 0 Å². The van der Waals surface area contributed by atoms with Gasteiger partial charge in [-0.15, -0.1) is 0 Å². The fraction of sp³-hybridized carbons (Fsp3) is 0.233. The zero-order chi connectivity index (χ0) is 26.8. The third kappa shape index (κ3) is 5.03. The molecule has 1 amide bonds. The summed E-state index contributed by atoms with van der Waals surface area (Å²) in [5.41, 5.74) is 4.87. The molecule has 39 heavy (non-hydrogen) atoms. The van der Waals surface area contributed by atoms with Crippen molar-refractivity contribution in [3.63, 3.8) is 0 Å². The third-order valence-corrected chi connectivity index (χ3v) is 6.96. The Bertz CT molecular complexity index is 1610. The number of nitrogens with zero attached hydrogens (tertiary/aromatic N) is 6. The molecule has 4 heterocycles. The van der Waals surface area contributed by atoms with Gasteiger partial charge in [0.15, 0.2) is 0 Å². The monoisotopic (exact) mass is 520 g/mol. The van der Waals surface area contributed by atoms with E-state index in [1.165, 1.54) is 5.56 Å². The molecule has 1 aliphatic heterocycles. The van der Waals surface area contributed by atoms with Crippen LogP contribution in [0.5, 0.6) is 5.75 Å². The standard InChI is InChI=1S/C30H28N6O3/c1-20-8-10-21(11-9-20)17-25-32-28(26-27(34-39-29(26)33-25)23-6-4-12-31-19-23)35-13-15-36(16-14-35)30(37)22-5-3-7-24(18-22)38-2/h3-12,18-19H,13-17H2,1-2H3. The van der Waals surface area contributed by atoms with Gasteiger partial charge in [0, 0.05) is 56.1 Å². The fourth-order valence-corrected chi connectivity index (χ4v) is 4.84. The lowest BCUT2D eigenvalue weighted by Gasteiger charge is -2.35. The molecule has 0 unspecified atom stereocenters. The maximum atomic E-state index is 13.2. The number of amides is 1. The number of aromatic nitrogens is 4. The van der Waals surface area contributed by atoms with Crippen molar-refractivity contribution in [2.24, 2.45) is 0 Å². The topological polar surface area (TPSA) is 97.5 Å². The van der Waals surface area contributed by atoms with Gasteiger partial charge in [-0.3, -0.25) is 9.78 Å². The molecule has 0 atom stereocenters. The Labute approximate surface area is 226 Å². The van der Waals surface area contributed by atoms with Gasteiger partial charge in [0.25, 0.3) is 11.6 Å². The van der Waals surface area contributed by atoms with E-state index in [1.54, 1.807) is 25.6 Å². The van der Waals surface area contributed by atoms with Crippen molar-refractivity contribution in [1.82, 2.24) is 25.0 Å². The summed E-state index contributed by atoms with van der Waals surface area (Å²) in [6.45, 7) is 4.41. The van der Waals surface area contributed by atoms with Crippen molar-refractivity contribution in [3.05, 3.63) is 95.6 Å². The summed E-state index contributed by atoms with van der Waals surface area (Å²) in [6.07, 6.45) is 4.05. The highest BCUT2D eigenvalue weighted by molar-refractivity contribution is 5.98. The van der Waals surface area contributed by atoms with Crippen LogP contribution in [0.15, 0.2) is 77.6 Å². The van der Waals surface area contributed by atoms with Crippen LogP contribution in [0.3, 0.4) is 0 Å². The number of benzene rings is 2. The maximum Gasteiger partial charge on any atom is 0.263 e. The SMILES string of the molecule is COc1cccc(C(=O)N2CCN(c3nc(Cc4ccc(C)cc4)nc4onc(-c5cccnc5)c34)CC2)c1. The lowest BCUT2D eigenvalue weighted by atomic mass is 10.1. The minimum absolute atomic E-state index is 0.0116. The van der Waals surface area contributed by atoms with E-state index in [1.807, 2.05) is 35.2 Å². The van der Waals surface area contributed by atoms with E-state index >= 15 is 0 Å². The van der Waals surface area contributed by atoms with E-state index in [-0.39, 0.29) is 5.91 Å². The molecular formula is C30H28N6O3. The summed E-state index contributed by atoms with van der Waals surface area (Å²) in [6, 6.07) is 19.4. The Hall–Kier alpha value is -4.79. The highest BCUT2D eigenvalue weighted by Crippen LogP contribution is 2.34. The van der Waals surface area contributed by atoms with Gasteiger partial charge in [0.1, 0.15) is 28.5 Å². The van der Waals surface area contributed by atoms with Crippen molar-refractivity contribution in [2.45, 2.75) is 13.3 Å². The number of hydrogen-bond donors (Lipinski definition) is 0. The lowest BCUT2D eigenvalue weighted by Crippen LogP contribution is -2.49. The molecule has 0 saturated carbocycles. The number of carbonyl (C=O) groups is 1. The summed E-state index contributed by atoms with van der Waals surface area (Å²) in [7, 11) is 1.60. The predicted molar refractivity (Wildman–Crippen MR) is 148 cm³/mol. The average Bonchev–Trinajstić information content (AvgIpc) is 3.42. The average molecular weight is 521 g/mol. The number of anilines is 1. The molecule has 3 aromatic heterocycles. The molecule has 9 nitrogen and oxygen atoms in total. The maximum absolute atomic E-state index is 13.2. The van der Waals surface area contributed by atoms with Crippen LogP contribution >= 0.6 is 0 Å². The number of fused-ring (bicyclic) bond motifs is 1. The first-order chi connectivity index (χ1) is 19.1. The van der Waals surface area contributed by atoms with Crippen molar-refractivity contribution >= 4 is 22.8 Å². The summed E-state index contributed by atoms with van der Waals surface area (Å²) >= 11 is 0. The molecule has 1 fully saturated rings. The van der Waals surface area contributed by atoms with Gasteiger partial charge in [0.2, 0.25) is 0 Å². The fourth-order valence-electron chi connectivity index (χ4n) is 4.84. The second kappa shape index (κ2) is 10.5. The minimum Gasteiger partial charge on any atom is -0.497 e. The molecule has 1 aliphatic rings. The molecule has 0 bridgehead atoms. The molecule has 0 spiro atoms. The van der Waals surface area contributed by atoms with E-state index in [4.69, 9.17) is 19.2 Å². The first kappa shape index (κ1) is 24.5. The third-order valence-electron chi connectivity index (χ3n) is 6.96. The molecule has 2 aromatic carbocycles. The van der Waals surface area contributed by atoms with E-state index in [2.05, 4.69) is 46.2 Å². The quantitative estimate of drug-likeness (QED) is 0.322. The number of pyridine rings is 1. The Kier molecular flexibility index (Phi) is 6.62. The second-order valence-electron chi connectivity index (χ2n) is 9.59. The van der Waals surface area contributed by atoms with Crippen molar-refractivity contribution in [3.8, 4) is 17.0 Å². The number of aryl methyl sites for hydroxylation is 1. The number of carbonyl (C=O) groups excluding carboxylic acids is 1. The largest absolute Gasteiger partial charge is 0.497 e. The Morgan fingerprint density at radius 3 is 2.56 bits per heavy atom. The van der Waals surface area contributed by atoms with Gasteiger partial charge < -0.3 is 19.1 Å². The molecule has 0 aliphatic carbocycles. The van der Waals surface area contributed by atoms with Crippen LogP contribution in [0.2, 0.25) is 0 Å². The van der Waals surface area contributed by atoms with Gasteiger partial charge in [-0.2, -0.15) is 4.98 Å². The molecule has 5 aromatic rings. The number of methoxy groups -OCH3 is 1. The first-order valence-corrected chi connectivity index (χ1v) is 12.9. The minimum atomic E-state index is -0.0116. The van der Waals surface area contributed by atoms with Gasteiger partial charge in [-0.05, 0) is 42.8 Å². The Morgan fingerprint density at radius 1 is 1.00 bits per heavy atom. The summed E-state index contributed by atoms with van der Waals surface area (Å²) in [5, 5.41) is 5.11. The van der Waals surface area contributed by atoms with E-state index in [0.29, 0.717) is 61.1 Å². The molecule has 0 radical (unpaired) electrons. The molecule has 6 rings (SSSR count). The van der Waals surface area contributed by atoms with E-state index < -0.39 is 0 Å². The lowest BCUT2D eigenvalue weighted by molar-refractivity contribution is 0.0746. The Morgan fingerprint density at radius 2 is 1.82 bits per heavy atom. The summed E-state index contributed by atoms with van der Waals surface area (Å²) in [4.78, 5) is 31.3. The van der Waals surface area contributed by atoms with Crippen LogP contribution in [0.1, 0.15) is 27.3 Å². The molecule has 9 heteroatoms.